The van der Waals surface area contributed by atoms with Crippen molar-refractivity contribution >= 4 is 0 Å². The molecule has 1 aliphatic heterocycles. The predicted octanol–water partition coefficient (Wildman–Crippen LogP) is 2.32. The average molecular weight is 127 g/mol. The van der Waals surface area contributed by atoms with Gasteiger partial charge < -0.3 is 5.32 Å². The maximum Gasteiger partial charge on any atom is 0.0330 e. The normalized spacial score (nSPS) is 14.8. The van der Waals surface area contributed by atoms with Crippen molar-refractivity contribution in [2.24, 2.45) is 0 Å². The SMILES string of the molecule is CC.CC1=CC=CCN1.[HH]. The van der Waals surface area contributed by atoms with Crippen LogP contribution in [0.1, 0.15) is 22.2 Å². The van der Waals surface area contributed by atoms with E-state index in [2.05, 4.69) is 30.5 Å². The van der Waals surface area contributed by atoms with E-state index in [1.165, 1.54) is 5.70 Å². The maximum absolute atomic E-state index is 3.16. The molecule has 0 unspecified atom stereocenters. The van der Waals surface area contributed by atoms with Gasteiger partial charge in [0.05, 0.1) is 0 Å². The van der Waals surface area contributed by atoms with Gasteiger partial charge in [0.2, 0.25) is 0 Å². The van der Waals surface area contributed by atoms with Gasteiger partial charge in [-0.2, -0.15) is 0 Å². The first-order chi connectivity index (χ1) is 4.39. The molecule has 0 aromatic carbocycles. The lowest BCUT2D eigenvalue weighted by atomic mass is 10.3. The Morgan fingerprint density at radius 3 is 2.44 bits per heavy atom. The average Bonchev–Trinajstić information content (AvgIpc) is 1.94. The minimum atomic E-state index is 0. The van der Waals surface area contributed by atoms with E-state index < -0.39 is 0 Å². The number of rotatable bonds is 0. The van der Waals surface area contributed by atoms with Crippen molar-refractivity contribution < 1.29 is 1.43 Å². The highest BCUT2D eigenvalue weighted by Crippen LogP contribution is 1.91. The largest absolute Gasteiger partial charge is 0.385 e. The van der Waals surface area contributed by atoms with Crippen LogP contribution < -0.4 is 5.32 Å². The van der Waals surface area contributed by atoms with E-state index in [-0.39, 0.29) is 1.43 Å². The Labute approximate surface area is 58.9 Å². The predicted molar refractivity (Wildman–Crippen MR) is 44.4 cm³/mol. The van der Waals surface area contributed by atoms with Crippen LogP contribution in [0, 0.1) is 0 Å². The second-order valence-electron chi connectivity index (χ2n) is 1.66. The van der Waals surface area contributed by atoms with Crippen molar-refractivity contribution in [1.29, 1.82) is 0 Å². The molecular weight excluding hydrogens is 110 g/mol. The van der Waals surface area contributed by atoms with Gasteiger partial charge >= 0.3 is 0 Å². The van der Waals surface area contributed by atoms with E-state index in [9.17, 15) is 0 Å². The number of hydrogen-bond acceptors (Lipinski definition) is 1. The minimum Gasteiger partial charge on any atom is -0.385 e. The molecule has 0 saturated heterocycles. The van der Waals surface area contributed by atoms with E-state index >= 15 is 0 Å². The molecular formula is C8H17N. The molecule has 9 heavy (non-hydrogen) atoms. The third-order valence-corrected chi connectivity index (χ3v) is 0.981. The highest BCUT2D eigenvalue weighted by atomic mass is 14.9. The quantitative estimate of drug-likeness (QED) is 0.526. The third kappa shape index (κ3) is 3.83. The number of nitrogens with one attached hydrogen (secondary N) is 1. The van der Waals surface area contributed by atoms with E-state index in [4.69, 9.17) is 0 Å². The summed E-state index contributed by atoms with van der Waals surface area (Å²) in [4.78, 5) is 0. The van der Waals surface area contributed by atoms with Crippen LogP contribution in [0.3, 0.4) is 0 Å². The molecule has 1 heterocycles. The number of dihydropyridines is 1. The van der Waals surface area contributed by atoms with Crippen molar-refractivity contribution in [3.05, 3.63) is 23.9 Å². The van der Waals surface area contributed by atoms with Crippen LogP contribution in [-0.2, 0) is 0 Å². The first kappa shape index (κ1) is 8.28. The molecule has 0 radical (unpaired) electrons. The summed E-state index contributed by atoms with van der Waals surface area (Å²) >= 11 is 0. The summed E-state index contributed by atoms with van der Waals surface area (Å²) in [6.45, 7) is 7.05. The molecule has 0 saturated carbocycles. The van der Waals surface area contributed by atoms with Gasteiger partial charge in [-0.05, 0) is 13.0 Å². The molecule has 1 aliphatic rings. The summed E-state index contributed by atoms with van der Waals surface area (Å²) in [5, 5.41) is 3.16. The van der Waals surface area contributed by atoms with Crippen LogP contribution in [0.5, 0.6) is 0 Å². The molecule has 0 spiro atoms. The first-order valence-electron chi connectivity index (χ1n) is 3.47. The summed E-state index contributed by atoms with van der Waals surface area (Å²) in [5.74, 6) is 0. The van der Waals surface area contributed by atoms with Crippen LogP contribution >= 0.6 is 0 Å². The number of allylic oxidation sites excluding steroid dienone is 3. The maximum atomic E-state index is 3.16. The molecule has 0 aromatic rings. The highest BCUT2D eigenvalue weighted by Gasteiger charge is 1.85. The van der Waals surface area contributed by atoms with Crippen molar-refractivity contribution in [2.75, 3.05) is 6.54 Å². The van der Waals surface area contributed by atoms with Gasteiger partial charge in [0.25, 0.3) is 0 Å². The van der Waals surface area contributed by atoms with Crippen molar-refractivity contribution in [3.63, 3.8) is 0 Å². The highest BCUT2D eigenvalue weighted by molar-refractivity contribution is 5.14. The molecule has 0 atom stereocenters. The Morgan fingerprint density at radius 2 is 2.22 bits per heavy atom. The van der Waals surface area contributed by atoms with Gasteiger partial charge in [-0.1, -0.05) is 26.0 Å². The van der Waals surface area contributed by atoms with Crippen LogP contribution in [0.2, 0.25) is 0 Å². The smallest absolute Gasteiger partial charge is 0.0330 e. The Hall–Kier alpha value is -0.720. The van der Waals surface area contributed by atoms with E-state index in [1.54, 1.807) is 0 Å². The zero-order valence-electron chi connectivity index (χ0n) is 6.44. The van der Waals surface area contributed by atoms with Crippen molar-refractivity contribution in [3.8, 4) is 0 Å². The van der Waals surface area contributed by atoms with Crippen LogP contribution in [0.25, 0.3) is 0 Å². The topological polar surface area (TPSA) is 12.0 Å². The zero-order valence-corrected chi connectivity index (χ0v) is 6.44. The molecule has 0 amide bonds. The first-order valence-corrected chi connectivity index (χ1v) is 3.47. The Bertz CT molecular complexity index is 116. The minimum absolute atomic E-state index is 0. The number of hydrogen-bond donors (Lipinski definition) is 1. The Morgan fingerprint density at radius 1 is 1.56 bits per heavy atom. The van der Waals surface area contributed by atoms with Gasteiger partial charge in [-0.15, -0.1) is 0 Å². The summed E-state index contributed by atoms with van der Waals surface area (Å²) < 4.78 is 0. The van der Waals surface area contributed by atoms with Gasteiger partial charge in [0.1, 0.15) is 0 Å². The Kier molecular flexibility index (Phi) is 4.98. The summed E-state index contributed by atoms with van der Waals surface area (Å²) in [7, 11) is 0. The van der Waals surface area contributed by atoms with Crippen molar-refractivity contribution in [1.82, 2.24) is 5.32 Å². The molecule has 0 aromatic heterocycles. The lowest BCUT2D eigenvalue weighted by molar-refractivity contribution is 0.891. The third-order valence-electron chi connectivity index (χ3n) is 0.981. The fourth-order valence-electron chi connectivity index (χ4n) is 0.559. The van der Waals surface area contributed by atoms with Crippen LogP contribution in [0.4, 0.5) is 0 Å². The fraction of sp³-hybridized carbons (Fsp3) is 0.500. The summed E-state index contributed by atoms with van der Waals surface area (Å²) in [6, 6.07) is 0. The molecule has 1 nitrogen and oxygen atoms in total. The molecule has 54 valence electrons. The van der Waals surface area contributed by atoms with Gasteiger partial charge in [0, 0.05) is 13.7 Å². The molecule has 1 heteroatoms. The summed E-state index contributed by atoms with van der Waals surface area (Å²) in [5.41, 5.74) is 1.25. The van der Waals surface area contributed by atoms with E-state index in [1.807, 2.05) is 13.8 Å². The fourth-order valence-corrected chi connectivity index (χ4v) is 0.559. The molecule has 0 aliphatic carbocycles. The van der Waals surface area contributed by atoms with Crippen LogP contribution in [-0.4, -0.2) is 6.54 Å². The Balaban J connectivity index is 0. The molecule has 1 rings (SSSR count). The standard InChI is InChI=1S/C6H9N.C2H6.H2/c1-6-4-2-3-5-7-6;1-2;/h2-4,7H,5H2,1H3;1-2H3;1H. The van der Waals surface area contributed by atoms with E-state index in [0.29, 0.717) is 0 Å². The lowest BCUT2D eigenvalue weighted by Gasteiger charge is -2.04. The molecule has 1 N–H and O–H groups in total. The van der Waals surface area contributed by atoms with Crippen LogP contribution in [0.15, 0.2) is 23.9 Å². The lowest BCUT2D eigenvalue weighted by Crippen LogP contribution is -2.12. The summed E-state index contributed by atoms with van der Waals surface area (Å²) in [6.07, 6.45) is 6.21. The van der Waals surface area contributed by atoms with Gasteiger partial charge in [-0.25, -0.2) is 0 Å². The monoisotopic (exact) mass is 127 g/mol. The van der Waals surface area contributed by atoms with Gasteiger partial charge in [0.15, 0.2) is 0 Å². The second kappa shape index (κ2) is 5.42. The second-order valence-corrected chi connectivity index (χ2v) is 1.66. The van der Waals surface area contributed by atoms with Crippen molar-refractivity contribution in [2.45, 2.75) is 20.8 Å². The molecule has 0 fully saturated rings. The molecule has 0 bridgehead atoms. The van der Waals surface area contributed by atoms with Gasteiger partial charge in [-0.3, -0.25) is 0 Å². The zero-order chi connectivity index (χ0) is 7.11. The van der Waals surface area contributed by atoms with E-state index in [0.717, 1.165) is 6.54 Å².